The molecule has 2 heterocycles. The molecule has 1 N–H and O–H groups in total. The summed E-state index contributed by atoms with van der Waals surface area (Å²) < 4.78 is 25.2. The Morgan fingerprint density at radius 3 is 2.50 bits per heavy atom. The third-order valence-corrected chi connectivity index (χ3v) is 5.65. The summed E-state index contributed by atoms with van der Waals surface area (Å²) in [5.41, 5.74) is 0. The van der Waals surface area contributed by atoms with E-state index < -0.39 is 10.0 Å². The molecule has 1 saturated heterocycles. The van der Waals surface area contributed by atoms with Crippen LogP contribution in [0.15, 0.2) is 0 Å². The highest BCUT2D eigenvalue weighted by atomic mass is 32.2. The number of sulfonamides is 1. The number of nitrogens with one attached hydrogen (secondary N) is 1. The van der Waals surface area contributed by atoms with Gasteiger partial charge >= 0.3 is 0 Å². The smallest absolute Gasteiger partial charge is 0.211 e. The molecule has 1 aromatic rings. The minimum atomic E-state index is -3.12. The van der Waals surface area contributed by atoms with E-state index in [1.54, 1.807) is 4.31 Å². The van der Waals surface area contributed by atoms with Crippen molar-refractivity contribution in [3.05, 3.63) is 11.6 Å². The fourth-order valence-electron chi connectivity index (χ4n) is 3.07. The van der Waals surface area contributed by atoms with E-state index in [0.29, 0.717) is 24.9 Å². The standard InChI is InChI=1S/C13H22N4O2S/c1-8(2)12-14-13(16-15-12)11-7-17(20(3,18)19)6-10(11)9-4-5-9/h8-11H,4-7H2,1-3H3,(H,14,15,16)/t10-,11+/m0/s1. The molecule has 1 saturated carbocycles. The van der Waals surface area contributed by atoms with E-state index in [1.165, 1.54) is 19.1 Å². The summed E-state index contributed by atoms with van der Waals surface area (Å²) in [6.45, 7) is 5.28. The lowest BCUT2D eigenvalue weighted by Gasteiger charge is -2.14. The molecule has 1 aromatic heterocycles. The summed E-state index contributed by atoms with van der Waals surface area (Å²) in [5.74, 6) is 3.16. The van der Waals surface area contributed by atoms with E-state index in [4.69, 9.17) is 0 Å². The van der Waals surface area contributed by atoms with E-state index in [1.807, 2.05) is 0 Å². The number of aromatic nitrogens is 3. The second-order valence-electron chi connectivity index (χ2n) is 6.42. The normalized spacial score (nSPS) is 28.4. The highest BCUT2D eigenvalue weighted by Crippen LogP contribution is 2.47. The molecule has 0 aromatic carbocycles. The maximum atomic E-state index is 11.8. The molecule has 2 fully saturated rings. The molecule has 1 aliphatic carbocycles. The van der Waals surface area contributed by atoms with Gasteiger partial charge < -0.3 is 0 Å². The van der Waals surface area contributed by atoms with Crippen molar-refractivity contribution in [2.24, 2.45) is 11.8 Å². The number of aromatic amines is 1. The van der Waals surface area contributed by atoms with Crippen LogP contribution in [0.4, 0.5) is 0 Å². The summed E-state index contributed by atoms with van der Waals surface area (Å²) in [6.07, 6.45) is 3.72. The molecule has 0 amide bonds. The lowest BCUT2D eigenvalue weighted by Crippen LogP contribution is -2.27. The van der Waals surface area contributed by atoms with Crippen LogP contribution in [0.1, 0.15) is 50.2 Å². The zero-order valence-electron chi connectivity index (χ0n) is 12.2. The van der Waals surface area contributed by atoms with Crippen LogP contribution in [0.2, 0.25) is 0 Å². The van der Waals surface area contributed by atoms with Gasteiger partial charge in [0.25, 0.3) is 0 Å². The van der Waals surface area contributed by atoms with Gasteiger partial charge in [-0.05, 0) is 24.7 Å². The first-order valence-corrected chi connectivity index (χ1v) is 9.08. The summed E-state index contributed by atoms with van der Waals surface area (Å²) in [4.78, 5) is 4.58. The molecule has 2 atom stereocenters. The van der Waals surface area contributed by atoms with Crippen LogP contribution in [0.5, 0.6) is 0 Å². The number of nitrogens with zero attached hydrogens (tertiary/aromatic N) is 3. The van der Waals surface area contributed by atoms with Gasteiger partial charge in [-0.2, -0.15) is 5.10 Å². The summed E-state index contributed by atoms with van der Waals surface area (Å²) in [7, 11) is -3.12. The predicted molar refractivity (Wildman–Crippen MR) is 75.8 cm³/mol. The Morgan fingerprint density at radius 2 is 2.00 bits per heavy atom. The lowest BCUT2D eigenvalue weighted by atomic mass is 9.91. The van der Waals surface area contributed by atoms with Crippen LogP contribution in [-0.4, -0.2) is 47.2 Å². The van der Waals surface area contributed by atoms with E-state index in [0.717, 1.165) is 11.6 Å². The zero-order valence-corrected chi connectivity index (χ0v) is 13.0. The van der Waals surface area contributed by atoms with Gasteiger partial charge in [0.1, 0.15) is 5.82 Å². The van der Waals surface area contributed by atoms with E-state index in [-0.39, 0.29) is 11.8 Å². The number of rotatable bonds is 4. The summed E-state index contributed by atoms with van der Waals surface area (Å²) >= 11 is 0. The van der Waals surface area contributed by atoms with Crippen molar-refractivity contribution in [1.29, 1.82) is 0 Å². The highest BCUT2D eigenvalue weighted by Gasteiger charge is 2.46. The molecular weight excluding hydrogens is 276 g/mol. The molecule has 1 aliphatic heterocycles. The average Bonchev–Trinajstić information content (AvgIpc) is 2.92. The highest BCUT2D eigenvalue weighted by molar-refractivity contribution is 7.88. The molecular formula is C13H22N4O2S. The van der Waals surface area contributed by atoms with Crippen molar-refractivity contribution < 1.29 is 8.42 Å². The van der Waals surface area contributed by atoms with Gasteiger partial charge in [0, 0.05) is 24.9 Å². The average molecular weight is 298 g/mol. The van der Waals surface area contributed by atoms with E-state index in [2.05, 4.69) is 29.0 Å². The van der Waals surface area contributed by atoms with Crippen LogP contribution >= 0.6 is 0 Å². The third-order valence-electron chi connectivity index (χ3n) is 4.42. The molecule has 7 heteroatoms. The van der Waals surface area contributed by atoms with E-state index >= 15 is 0 Å². The van der Waals surface area contributed by atoms with Crippen molar-refractivity contribution in [2.75, 3.05) is 19.3 Å². The Kier molecular flexibility index (Phi) is 3.36. The first-order chi connectivity index (χ1) is 9.36. The second kappa shape index (κ2) is 4.80. The van der Waals surface area contributed by atoms with Gasteiger partial charge in [0.2, 0.25) is 10.0 Å². The maximum Gasteiger partial charge on any atom is 0.211 e. The third kappa shape index (κ3) is 2.61. The molecule has 0 unspecified atom stereocenters. The van der Waals surface area contributed by atoms with Crippen molar-refractivity contribution in [3.63, 3.8) is 0 Å². The van der Waals surface area contributed by atoms with E-state index in [9.17, 15) is 8.42 Å². The van der Waals surface area contributed by atoms with Gasteiger partial charge in [0.15, 0.2) is 5.82 Å². The van der Waals surface area contributed by atoms with Gasteiger partial charge in [-0.3, -0.25) is 5.10 Å². The Bertz CT molecular complexity index is 591. The van der Waals surface area contributed by atoms with Crippen LogP contribution in [-0.2, 0) is 10.0 Å². The van der Waals surface area contributed by atoms with Crippen molar-refractivity contribution >= 4 is 10.0 Å². The molecule has 112 valence electrons. The molecule has 2 aliphatic rings. The molecule has 6 nitrogen and oxygen atoms in total. The SMILES string of the molecule is CC(C)c1n[nH]c([C@@H]2CN(S(C)(=O)=O)C[C@H]2C2CC2)n1. The van der Waals surface area contributed by atoms with Gasteiger partial charge in [-0.1, -0.05) is 13.8 Å². The zero-order chi connectivity index (χ0) is 14.5. The molecule has 0 radical (unpaired) electrons. The second-order valence-corrected chi connectivity index (χ2v) is 8.40. The van der Waals surface area contributed by atoms with Gasteiger partial charge in [-0.25, -0.2) is 17.7 Å². The minimum Gasteiger partial charge on any atom is -0.263 e. The number of hydrogen-bond acceptors (Lipinski definition) is 4. The Balaban J connectivity index is 1.85. The van der Waals surface area contributed by atoms with Crippen LogP contribution in [0.3, 0.4) is 0 Å². The lowest BCUT2D eigenvalue weighted by molar-refractivity contribution is 0.425. The fraction of sp³-hybridized carbons (Fsp3) is 0.846. The number of hydrogen-bond donors (Lipinski definition) is 1. The summed E-state index contributed by atoms with van der Waals surface area (Å²) in [6, 6.07) is 0. The monoisotopic (exact) mass is 298 g/mol. The van der Waals surface area contributed by atoms with Gasteiger partial charge in [-0.15, -0.1) is 0 Å². The van der Waals surface area contributed by atoms with Crippen molar-refractivity contribution in [1.82, 2.24) is 19.5 Å². The Hall–Kier alpha value is -0.950. The Labute approximate surface area is 120 Å². The molecule has 20 heavy (non-hydrogen) atoms. The predicted octanol–water partition coefficient (Wildman–Crippen LogP) is 1.31. The van der Waals surface area contributed by atoms with Gasteiger partial charge in [0.05, 0.1) is 6.26 Å². The van der Waals surface area contributed by atoms with Crippen molar-refractivity contribution in [2.45, 2.75) is 38.5 Å². The first-order valence-electron chi connectivity index (χ1n) is 7.23. The minimum absolute atomic E-state index is 0.164. The van der Waals surface area contributed by atoms with Crippen molar-refractivity contribution in [3.8, 4) is 0 Å². The first kappa shape index (κ1) is 14.0. The maximum absolute atomic E-state index is 11.8. The van der Waals surface area contributed by atoms with Crippen LogP contribution < -0.4 is 0 Å². The fourth-order valence-corrected chi connectivity index (χ4v) is 3.94. The summed E-state index contributed by atoms with van der Waals surface area (Å²) in [5, 5.41) is 7.29. The van der Waals surface area contributed by atoms with Crippen LogP contribution in [0, 0.1) is 11.8 Å². The topological polar surface area (TPSA) is 79.0 Å². The molecule has 0 spiro atoms. The van der Waals surface area contributed by atoms with Crippen LogP contribution in [0.25, 0.3) is 0 Å². The largest absolute Gasteiger partial charge is 0.263 e. The molecule has 3 rings (SSSR count). The quantitative estimate of drug-likeness (QED) is 0.909. The molecule has 0 bridgehead atoms. The number of H-pyrrole nitrogens is 1. The Morgan fingerprint density at radius 1 is 1.30 bits per heavy atom.